The van der Waals surface area contributed by atoms with E-state index >= 15 is 0 Å². The molecule has 0 aromatic heterocycles. The van der Waals surface area contributed by atoms with E-state index in [1.807, 2.05) is 20.8 Å². The second-order valence-electron chi connectivity index (χ2n) is 7.30. The summed E-state index contributed by atoms with van der Waals surface area (Å²) in [6.07, 6.45) is 0.343. The van der Waals surface area contributed by atoms with Crippen LogP contribution in [0.4, 0.5) is 10.5 Å². The van der Waals surface area contributed by atoms with Crippen LogP contribution in [0.1, 0.15) is 52.6 Å². The van der Waals surface area contributed by atoms with E-state index in [1.54, 1.807) is 19.9 Å². The van der Waals surface area contributed by atoms with Crippen LogP contribution in [-0.4, -0.2) is 29.6 Å². The average Bonchev–Trinajstić information content (AvgIpc) is 2.64. The molecule has 0 bridgehead atoms. The zero-order valence-corrected chi connectivity index (χ0v) is 17.3. The van der Waals surface area contributed by atoms with Crippen molar-refractivity contribution in [2.24, 2.45) is 5.92 Å². The van der Waals surface area contributed by atoms with Gasteiger partial charge >= 0.3 is 17.7 Å². The van der Waals surface area contributed by atoms with Crippen LogP contribution < -0.4 is 15.4 Å². The van der Waals surface area contributed by atoms with Crippen LogP contribution >= 0.6 is 0 Å². The van der Waals surface area contributed by atoms with Gasteiger partial charge in [0.05, 0.1) is 29.2 Å². The summed E-state index contributed by atoms with van der Waals surface area (Å²) in [7, 11) is 0. The van der Waals surface area contributed by atoms with E-state index in [1.165, 1.54) is 12.1 Å². The van der Waals surface area contributed by atoms with Gasteiger partial charge in [-0.2, -0.15) is 0 Å². The number of carbonyl (C=O) groups excluding carboxylic acids is 2. The third-order valence-electron chi connectivity index (χ3n) is 4.22. The highest BCUT2D eigenvalue weighted by Gasteiger charge is 2.36. The molecular weight excluding hydrogens is 378 g/mol. The highest BCUT2D eigenvalue weighted by molar-refractivity contribution is 5.95. The maximum absolute atomic E-state index is 12.8. The first-order chi connectivity index (χ1) is 13.6. The molecule has 0 saturated heterocycles. The molecule has 1 atom stereocenters. The minimum atomic E-state index is -0.883. The number of hydrogen-bond acceptors (Lipinski definition) is 6. The number of nitrogens with zero attached hydrogens (tertiary/aromatic N) is 1. The summed E-state index contributed by atoms with van der Waals surface area (Å²) in [5.41, 5.74) is 0.818. The number of esters is 1. The van der Waals surface area contributed by atoms with Crippen molar-refractivity contribution in [1.82, 2.24) is 10.6 Å². The van der Waals surface area contributed by atoms with Crippen LogP contribution in [0.2, 0.25) is 0 Å². The lowest BCUT2D eigenvalue weighted by Gasteiger charge is -2.31. The summed E-state index contributed by atoms with van der Waals surface area (Å²) in [4.78, 5) is 36.0. The van der Waals surface area contributed by atoms with Gasteiger partial charge in [0.1, 0.15) is 0 Å². The van der Waals surface area contributed by atoms with Crippen molar-refractivity contribution in [3.63, 3.8) is 0 Å². The van der Waals surface area contributed by atoms with E-state index in [2.05, 4.69) is 10.6 Å². The molecule has 2 rings (SSSR count). The summed E-state index contributed by atoms with van der Waals surface area (Å²) in [6, 6.07) is 3.04. The van der Waals surface area contributed by atoms with E-state index in [-0.39, 0.29) is 29.0 Å². The molecular formula is C20H27N3O6. The molecule has 9 heteroatoms. The number of allylic oxidation sites excluding steroid dienone is 1. The van der Waals surface area contributed by atoms with Crippen LogP contribution in [0.3, 0.4) is 0 Å². The topological polar surface area (TPSA) is 120 Å². The summed E-state index contributed by atoms with van der Waals surface area (Å²) in [6.45, 7) is 9.36. The Morgan fingerprint density at radius 3 is 2.52 bits per heavy atom. The maximum atomic E-state index is 12.8. The van der Waals surface area contributed by atoms with Gasteiger partial charge in [0.15, 0.2) is 5.75 Å². The standard InChI is InChI=1S/C20H27N3O6/c1-6-9-28-15-8-7-13(10-14(15)23(26)27)18-16(19(24)29-12(4)5)17(11(2)3)21-20(25)22-18/h7-8,10-12,18H,6,9H2,1-5H3,(H2,21,22,25). The first kappa shape index (κ1) is 22.2. The molecule has 9 nitrogen and oxygen atoms in total. The quantitative estimate of drug-likeness (QED) is 0.387. The van der Waals surface area contributed by atoms with Gasteiger partial charge in [-0.05, 0) is 37.8 Å². The van der Waals surface area contributed by atoms with Crippen LogP contribution in [0.25, 0.3) is 0 Å². The summed E-state index contributed by atoms with van der Waals surface area (Å²) in [5.74, 6) is -0.615. The fourth-order valence-electron chi connectivity index (χ4n) is 2.99. The first-order valence-corrected chi connectivity index (χ1v) is 9.59. The zero-order chi connectivity index (χ0) is 21.7. The Hall–Kier alpha value is -3.10. The molecule has 1 aromatic carbocycles. The fourth-order valence-corrected chi connectivity index (χ4v) is 2.99. The predicted molar refractivity (Wildman–Crippen MR) is 106 cm³/mol. The molecule has 1 unspecified atom stereocenters. The van der Waals surface area contributed by atoms with Crippen molar-refractivity contribution in [2.75, 3.05) is 6.61 Å². The minimum absolute atomic E-state index is 0.139. The number of benzene rings is 1. The second-order valence-corrected chi connectivity index (χ2v) is 7.30. The summed E-state index contributed by atoms with van der Waals surface area (Å²) >= 11 is 0. The number of rotatable bonds is 8. The van der Waals surface area contributed by atoms with E-state index in [9.17, 15) is 19.7 Å². The maximum Gasteiger partial charge on any atom is 0.338 e. The summed E-state index contributed by atoms with van der Waals surface area (Å²) < 4.78 is 10.8. The van der Waals surface area contributed by atoms with E-state index in [0.717, 1.165) is 0 Å². The Morgan fingerprint density at radius 1 is 1.28 bits per heavy atom. The highest BCUT2D eigenvalue weighted by atomic mass is 16.6. The Morgan fingerprint density at radius 2 is 1.97 bits per heavy atom. The van der Waals surface area contributed by atoms with Gasteiger partial charge in [0, 0.05) is 11.8 Å². The first-order valence-electron chi connectivity index (χ1n) is 9.59. The van der Waals surface area contributed by atoms with Gasteiger partial charge in [0.2, 0.25) is 0 Å². The largest absolute Gasteiger partial charge is 0.487 e. The molecule has 2 N–H and O–H groups in total. The van der Waals surface area contributed by atoms with Crippen molar-refractivity contribution in [1.29, 1.82) is 0 Å². The molecule has 1 aromatic rings. The minimum Gasteiger partial charge on any atom is -0.487 e. The Labute approximate surface area is 169 Å². The number of ether oxygens (including phenoxy) is 2. The Kier molecular flexibility index (Phi) is 7.19. The zero-order valence-electron chi connectivity index (χ0n) is 17.3. The molecule has 2 amide bonds. The highest BCUT2D eigenvalue weighted by Crippen LogP contribution is 2.35. The monoisotopic (exact) mass is 405 g/mol. The molecule has 1 aliphatic heterocycles. The fraction of sp³-hybridized carbons (Fsp3) is 0.500. The number of urea groups is 1. The van der Waals surface area contributed by atoms with Crippen molar-refractivity contribution in [3.05, 3.63) is 45.1 Å². The van der Waals surface area contributed by atoms with E-state index in [0.29, 0.717) is 24.3 Å². The lowest BCUT2D eigenvalue weighted by atomic mass is 9.91. The second kappa shape index (κ2) is 9.40. The number of amides is 2. The molecule has 1 aliphatic rings. The van der Waals surface area contributed by atoms with Gasteiger partial charge in [-0.1, -0.05) is 26.8 Å². The molecule has 1 heterocycles. The van der Waals surface area contributed by atoms with Gasteiger partial charge in [-0.15, -0.1) is 0 Å². The third-order valence-corrected chi connectivity index (χ3v) is 4.22. The number of carbonyl (C=O) groups is 2. The molecule has 0 saturated carbocycles. The van der Waals surface area contributed by atoms with Crippen LogP contribution in [0.15, 0.2) is 29.5 Å². The molecule has 158 valence electrons. The van der Waals surface area contributed by atoms with Crippen LogP contribution in [0.5, 0.6) is 5.75 Å². The number of hydrogen-bond donors (Lipinski definition) is 2. The summed E-state index contributed by atoms with van der Waals surface area (Å²) in [5, 5.41) is 16.9. The lowest BCUT2D eigenvalue weighted by Crippen LogP contribution is -2.47. The molecule has 0 aliphatic carbocycles. The van der Waals surface area contributed by atoms with Gasteiger partial charge in [0.25, 0.3) is 0 Å². The number of nitro groups is 1. The smallest absolute Gasteiger partial charge is 0.338 e. The van der Waals surface area contributed by atoms with Gasteiger partial charge in [-0.3, -0.25) is 10.1 Å². The van der Waals surface area contributed by atoms with Crippen molar-refractivity contribution in [3.8, 4) is 5.75 Å². The lowest BCUT2D eigenvalue weighted by molar-refractivity contribution is -0.385. The van der Waals surface area contributed by atoms with Gasteiger partial charge in [-0.25, -0.2) is 9.59 Å². The number of nitro benzene ring substituents is 1. The SMILES string of the molecule is CCCOc1ccc(C2NC(=O)NC(C(C)C)=C2C(=O)OC(C)C)cc1[N+](=O)[O-]. The molecule has 0 radical (unpaired) electrons. The normalized spacial score (nSPS) is 16.5. The van der Waals surface area contributed by atoms with Crippen LogP contribution in [-0.2, 0) is 9.53 Å². The Balaban J connectivity index is 2.58. The predicted octanol–water partition coefficient (Wildman–Crippen LogP) is 3.60. The van der Waals surface area contributed by atoms with Crippen molar-refractivity contribution in [2.45, 2.75) is 53.2 Å². The Bertz CT molecular complexity index is 832. The van der Waals surface area contributed by atoms with E-state index in [4.69, 9.17) is 9.47 Å². The molecule has 0 fully saturated rings. The van der Waals surface area contributed by atoms with Gasteiger partial charge < -0.3 is 20.1 Å². The van der Waals surface area contributed by atoms with E-state index < -0.39 is 23.0 Å². The third kappa shape index (κ3) is 5.24. The molecule has 0 spiro atoms. The van der Waals surface area contributed by atoms with Crippen molar-refractivity contribution >= 4 is 17.7 Å². The molecule has 29 heavy (non-hydrogen) atoms. The number of nitrogens with one attached hydrogen (secondary N) is 2. The average molecular weight is 405 g/mol. The van der Waals surface area contributed by atoms with Crippen molar-refractivity contribution < 1.29 is 24.0 Å². The van der Waals surface area contributed by atoms with Crippen LogP contribution in [0, 0.1) is 16.0 Å².